The largest absolute Gasteiger partial charge is 0.497 e. The molecule has 2 aliphatic rings. The minimum Gasteiger partial charge on any atom is -0.497 e. The summed E-state index contributed by atoms with van der Waals surface area (Å²) in [6.07, 6.45) is -0.259. The Morgan fingerprint density at radius 1 is 1.07 bits per heavy atom. The monoisotopic (exact) mass is 380 g/mol. The highest BCUT2D eigenvalue weighted by Gasteiger charge is 2.37. The van der Waals surface area contributed by atoms with E-state index in [-0.39, 0.29) is 18.6 Å². The van der Waals surface area contributed by atoms with Crippen molar-refractivity contribution in [2.75, 3.05) is 33.4 Å². The molecule has 1 saturated heterocycles. The van der Waals surface area contributed by atoms with Crippen LogP contribution in [0, 0.1) is 0 Å². The van der Waals surface area contributed by atoms with Gasteiger partial charge in [0.05, 0.1) is 31.4 Å². The summed E-state index contributed by atoms with van der Waals surface area (Å²) in [4.78, 5) is 40.4. The number of imide groups is 1. The molecule has 4 rings (SSSR count). The summed E-state index contributed by atoms with van der Waals surface area (Å²) >= 11 is 0. The average molecular weight is 380 g/mol. The summed E-state index contributed by atoms with van der Waals surface area (Å²) < 4.78 is 11.0. The van der Waals surface area contributed by atoms with Gasteiger partial charge in [-0.05, 0) is 29.8 Å². The van der Waals surface area contributed by atoms with Crippen LogP contribution >= 0.6 is 0 Å². The van der Waals surface area contributed by atoms with E-state index in [1.807, 2.05) is 24.3 Å². The van der Waals surface area contributed by atoms with E-state index in [4.69, 9.17) is 9.47 Å². The van der Waals surface area contributed by atoms with Crippen LogP contribution in [-0.2, 0) is 9.53 Å². The molecule has 2 heterocycles. The molecule has 0 aromatic heterocycles. The molecule has 2 aromatic carbocycles. The number of ether oxygens (including phenoxy) is 2. The van der Waals surface area contributed by atoms with E-state index < -0.39 is 11.8 Å². The Balaban J connectivity index is 1.43. The maximum atomic E-state index is 12.8. The van der Waals surface area contributed by atoms with E-state index in [9.17, 15) is 14.4 Å². The van der Waals surface area contributed by atoms with Crippen LogP contribution in [-0.4, -0.2) is 60.9 Å². The molecule has 0 aliphatic carbocycles. The fourth-order valence-corrected chi connectivity index (χ4v) is 3.51. The fraction of sp³-hybridized carbons (Fsp3) is 0.286. The van der Waals surface area contributed by atoms with Crippen molar-refractivity contribution in [1.29, 1.82) is 0 Å². The molecule has 28 heavy (non-hydrogen) atoms. The Kier molecular flexibility index (Phi) is 4.83. The zero-order valence-electron chi connectivity index (χ0n) is 15.5. The van der Waals surface area contributed by atoms with Gasteiger partial charge in [0, 0.05) is 6.54 Å². The van der Waals surface area contributed by atoms with E-state index in [2.05, 4.69) is 0 Å². The van der Waals surface area contributed by atoms with Gasteiger partial charge in [0.25, 0.3) is 11.8 Å². The van der Waals surface area contributed by atoms with Crippen molar-refractivity contribution in [3.8, 4) is 5.75 Å². The number of benzene rings is 2. The molecule has 0 saturated carbocycles. The normalized spacial score (nSPS) is 19.0. The molecule has 0 spiro atoms. The van der Waals surface area contributed by atoms with Crippen molar-refractivity contribution in [2.24, 2.45) is 0 Å². The topological polar surface area (TPSA) is 76.2 Å². The van der Waals surface area contributed by atoms with Gasteiger partial charge in [0.2, 0.25) is 5.91 Å². The van der Waals surface area contributed by atoms with Gasteiger partial charge in [-0.25, -0.2) is 0 Å². The molecule has 7 nitrogen and oxygen atoms in total. The SMILES string of the molecule is COc1ccc(C2CN(C(=O)CN3C(=O)c4ccccc4C3=O)CCO2)cc1. The van der Waals surface area contributed by atoms with Gasteiger partial charge in [-0.3, -0.25) is 19.3 Å². The Hall–Kier alpha value is -3.19. The van der Waals surface area contributed by atoms with Crippen LogP contribution in [0.2, 0.25) is 0 Å². The molecule has 2 aliphatic heterocycles. The number of methoxy groups -OCH3 is 1. The van der Waals surface area contributed by atoms with E-state index in [1.165, 1.54) is 0 Å². The van der Waals surface area contributed by atoms with Crippen LogP contribution < -0.4 is 4.74 Å². The first kappa shape index (κ1) is 18.2. The molecule has 144 valence electrons. The molecule has 7 heteroatoms. The zero-order chi connectivity index (χ0) is 19.7. The summed E-state index contributed by atoms with van der Waals surface area (Å²) in [5, 5.41) is 0. The Morgan fingerprint density at radius 3 is 2.32 bits per heavy atom. The number of amides is 3. The van der Waals surface area contributed by atoms with Gasteiger partial charge < -0.3 is 14.4 Å². The maximum absolute atomic E-state index is 12.8. The molecule has 1 fully saturated rings. The number of rotatable bonds is 4. The highest BCUT2D eigenvalue weighted by atomic mass is 16.5. The number of carbonyl (C=O) groups excluding carboxylic acids is 3. The van der Waals surface area contributed by atoms with Gasteiger partial charge in [-0.15, -0.1) is 0 Å². The van der Waals surface area contributed by atoms with Gasteiger partial charge in [-0.2, -0.15) is 0 Å². The fourth-order valence-electron chi connectivity index (χ4n) is 3.51. The number of morpholine rings is 1. The number of hydrogen-bond acceptors (Lipinski definition) is 5. The average Bonchev–Trinajstić information content (AvgIpc) is 2.99. The minimum atomic E-state index is -0.422. The second-order valence-corrected chi connectivity index (χ2v) is 6.71. The Morgan fingerprint density at radius 2 is 1.71 bits per heavy atom. The number of hydrogen-bond donors (Lipinski definition) is 0. The molecule has 1 unspecified atom stereocenters. The van der Waals surface area contributed by atoms with Crippen LogP contribution in [0.25, 0.3) is 0 Å². The molecule has 0 radical (unpaired) electrons. The molecule has 0 N–H and O–H groups in total. The Bertz CT molecular complexity index is 890. The Labute approximate surface area is 162 Å². The molecule has 1 atom stereocenters. The van der Waals surface area contributed by atoms with Crippen LogP contribution in [0.15, 0.2) is 48.5 Å². The predicted octanol–water partition coefficient (Wildman–Crippen LogP) is 1.89. The number of carbonyl (C=O) groups is 3. The molecule has 0 bridgehead atoms. The lowest BCUT2D eigenvalue weighted by Crippen LogP contribution is -2.47. The number of nitrogens with zero attached hydrogens (tertiary/aromatic N) is 2. The highest BCUT2D eigenvalue weighted by Crippen LogP contribution is 2.26. The molecule has 3 amide bonds. The second-order valence-electron chi connectivity index (χ2n) is 6.71. The van der Waals surface area contributed by atoms with Crippen molar-refractivity contribution in [2.45, 2.75) is 6.10 Å². The van der Waals surface area contributed by atoms with Crippen molar-refractivity contribution in [3.63, 3.8) is 0 Å². The van der Waals surface area contributed by atoms with E-state index in [0.29, 0.717) is 30.8 Å². The van der Waals surface area contributed by atoms with Crippen LogP contribution in [0.4, 0.5) is 0 Å². The molecular formula is C21H20N2O5. The lowest BCUT2D eigenvalue weighted by molar-refractivity contribution is -0.139. The van der Waals surface area contributed by atoms with Gasteiger partial charge in [-0.1, -0.05) is 24.3 Å². The lowest BCUT2D eigenvalue weighted by Gasteiger charge is -2.34. The molecular weight excluding hydrogens is 360 g/mol. The zero-order valence-corrected chi connectivity index (χ0v) is 15.5. The third kappa shape index (κ3) is 3.25. The highest BCUT2D eigenvalue weighted by molar-refractivity contribution is 6.22. The first-order valence-corrected chi connectivity index (χ1v) is 9.07. The standard InChI is InChI=1S/C21H20N2O5/c1-27-15-8-6-14(7-9-15)18-12-22(10-11-28-18)19(24)13-23-20(25)16-4-2-3-5-17(16)21(23)26/h2-9,18H,10-13H2,1H3. The minimum absolute atomic E-state index is 0.259. The third-order valence-corrected chi connectivity index (χ3v) is 5.08. The first-order chi connectivity index (χ1) is 13.6. The number of fused-ring (bicyclic) bond motifs is 1. The smallest absolute Gasteiger partial charge is 0.262 e. The van der Waals surface area contributed by atoms with Crippen molar-refractivity contribution in [3.05, 3.63) is 65.2 Å². The summed E-state index contributed by atoms with van der Waals surface area (Å²) in [5.41, 5.74) is 1.64. The van der Waals surface area contributed by atoms with E-state index >= 15 is 0 Å². The first-order valence-electron chi connectivity index (χ1n) is 9.07. The van der Waals surface area contributed by atoms with Crippen LogP contribution in [0.1, 0.15) is 32.4 Å². The van der Waals surface area contributed by atoms with Crippen LogP contribution in [0.3, 0.4) is 0 Å². The van der Waals surface area contributed by atoms with Crippen molar-refractivity contribution < 1.29 is 23.9 Å². The van der Waals surface area contributed by atoms with Gasteiger partial charge in [0.1, 0.15) is 18.4 Å². The second kappa shape index (κ2) is 7.44. The summed E-state index contributed by atoms with van der Waals surface area (Å²) in [6, 6.07) is 14.1. The summed E-state index contributed by atoms with van der Waals surface area (Å²) in [7, 11) is 1.60. The third-order valence-electron chi connectivity index (χ3n) is 5.08. The molecule has 2 aromatic rings. The van der Waals surface area contributed by atoms with Crippen molar-refractivity contribution in [1.82, 2.24) is 9.80 Å². The quantitative estimate of drug-likeness (QED) is 0.757. The van der Waals surface area contributed by atoms with Crippen LogP contribution in [0.5, 0.6) is 5.75 Å². The lowest BCUT2D eigenvalue weighted by atomic mass is 10.1. The maximum Gasteiger partial charge on any atom is 0.262 e. The van der Waals surface area contributed by atoms with Crippen molar-refractivity contribution >= 4 is 17.7 Å². The summed E-state index contributed by atoms with van der Waals surface area (Å²) in [6.45, 7) is 0.926. The van der Waals surface area contributed by atoms with Gasteiger partial charge >= 0.3 is 0 Å². The van der Waals surface area contributed by atoms with E-state index in [1.54, 1.807) is 36.3 Å². The summed E-state index contributed by atoms with van der Waals surface area (Å²) in [5.74, 6) is -0.364. The van der Waals surface area contributed by atoms with E-state index in [0.717, 1.165) is 16.2 Å². The predicted molar refractivity (Wildman–Crippen MR) is 100 cm³/mol. The van der Waals surface area contributed by atoms with Gasteiger partial charge in [0.15, 0.2) is 0 Å².